The van der Waals surface area contributed by atoms with Crippen LogP contribution < -0.4 is 0 Å². The van der Waals surface area contributed by atoms with Crippen LogP contribution in [0.2, 0.25) is 0 Å². The van der Waals surface area contributed by atoms with Crippen molar-refractivity contribution < 1.29 is 0 Å². The zero-order chi connectivity index (χ0) is 17.9. The lowest BCUT2D eigenvalue weighted by Crippen LogP contribution is -1.97. The van der Waals surface area contributed by atoms with E-state index in [4.69, 9.17) is 0 Å². The van der Waals surface area contributed by atoms with Crippen molar-refractivity contribution in [2.75, 3.05) is 0 Å². The van der Waals surface area contributed by atoms with Gasteiger partial charge in [0.1, 0.15) is 0 Å². The molecule has 1 aromatic carbocycles. The van der Waals surface area contributed by atoms with Crippen molar-refractivity contribution in [3.05, 3.63) is 64.3 Å². The molecule has 0 heterocycles. The molecule has 132 valence electrons. The number of benzene rings is 1. The molecular formula is C24H36. The Hall–Kier alpha value is -1.56. The first-order valence-electron chi connectivity index (χ1n) is 9.51. The monoisotopic (exact) mass is 324 g/mol. The highest BCUT2D eigenvalue weighted by Crippen LogP contribution is 2.22. The second kappa shape index (κ2) is 11.1. The molecule has 0 saturated carbocycles. The Bertz CT molecular complexity index is 580. The minimum absolute atomic E-state index is 1.02. The maximum atomic E-state index is 4.04. The number of rotatable bonds is 10. The molecule has 1 aromatic rings. The summed E-state index contributed by atoms with van der Waals surface area (Å²) in [4.78, 5) is 0. The van der Waals surface area contributed by atoms with E-state index in [1.165, 1.54) is 59.1 Å². The molecule has 0 unspecified atom stereocenters. The zero-order valence-electron chi connectivity index (χ0n) is 16.5. The van der Waals surface area contributed by atoms with Crippen molar-refractivity contribution in [2.45, 2.75) is 79.6 Å². The van der Waals surface area contributed by atoms with Crippen molar-refractivity contribution in [2.24, 2.45) is 0 Å². The molecule has 0 amide bonds. The number of hydrogen-bond donors (Lipinski definition) is 0. The van der Waals surface area contributed by atoms with E-state index in [0.717, 1.165) is 19.3 Å². The number of hydrogen-bond acceptors (Lipinski definition) is 0. The molecule has 0 saturated heterocycles. The van der Waals surface area contributed by atoms with E-state index in [2.05, 4.69) is 65.5 Å². The van der Waals surface area contributed by atoms with Crippen molar-refractivity contribution in [3.63, 3.8) is 0 Å². The van der Waals surface area contributed by atoms with E-state index in [0.29, 0.717) is 0 Å². The molecule has 0 aliphatic heterocycles. The summed E-state index contributed by atoms with van der Waals surface area (Å²) < 4.78 is 0. The lowest BCUT2D eigenvalue weighted by Gasteiger charge is -2.12. The Morgan fingerprint density at radius 1 is 1.08 bits per heavy atom. The first kappa shape index (κ1) is 20.5. The summed E-state index contributed by atoms with van der Waals surface area (Å²) >= 11 is 0. The van der Waals surface area contributed by atoms with Gasteiger partial charge in [0, 0.05) is 0 Å². The van der Waals surface area contributed by atoms with Gasteiger partial charge in [-0.05, 0) is 82.1 Å². The quantitative estimate of drug-likeness (QED) is 0.307. The van der Waals surface area contributed by atoms with Crippen LogP contribution in [0.15, 0.2) is 42.0 Å². The van der Waals surface area contributed by atoms with Gasteiger partial charge < -0.3 is 0 Å². The largest absolute Gasteiger partial charge is 0.0985 e. The van der Waals surface area contributed by atoms with Gasteiger partial charge in [-0.25, -0.2) is 0 Å². The van der Waals surface area contributed by atoms with E-state index < -0.39 is 0 Å². The molecule has 0 heteroatoms. The SMILES string of the molecule is C=Cc1cc(CCCCC)cc(C)c1C/C=C(\C)CCC=C(C)C. The third kappa shape index (κ3) is 7.34. The van der Waals surface area contributed by atoms with Crippen molar-refractivity contribution in [1.82, 2.24) is 0 Å². The molecule has 0 radical (unpaired) electrons. The predicted octanol–water partition coefficient (Wildman–Crippen LogP) is 7.61. The van der Waals surface area contributed by atoms with E-state index in [1.807, 2.05) is 6.08 Å². The molecule has 0 N–H and O–H groups in total. The Balaban J connectivity index is 2.79. The van der Waals surface area contributed by atoms with Crippen molar-refractivity contribution in [1.29, 1.82) is 0 Å². The van der Waals surface area contributed by atoms with Gasteiger partial charge in [0.15, 0.2) is 0 Å². The van der Waals surface area contributed by atoms with E-state index in [9.17, 15) is 0 Å². The van der Waals surface area contributed by atoms with Gasteiger partial charge in [-0.2, -0.15) is 0 Å². The van der Waals surface area contributed by atoms with E-state index in [-0.39, 0.29) is 0 Å². The average molecular weight is 325 g/mol. The average Bonchev–Trinajstić information content (AvgIpc) is 2.53. The fraction of sp³-hybridized carbons (Fsp3) is 0.500. The highest BCUT2D eigenvalue weighted by molar-refractivity contribution is 5.56. The van der Waals surface area contributed by atoms with E-state index >= 15 is 0 Å². The van der Waals surface area contributed by atoms with Crippen LogP contribution in [0.3, 0.4) is 0 Å². The van der Waals surface area contributed by atoms with Crippen LogP contribution in [0.25, 0.3) is 6.08 Å². The van der Waals surface area contributed by atoms with Crippen LogP contribution in [0.4, 0.5) is 0 Å². The highest BCUT2D eigenvalue weighted by atomic mass is 14.1. The maximum Gasteiger partial charge on any atom is -0.00863 e. The molecule has 0 aliphatic carbocycles. The Kier molecular flexibility index (Phi) is 9.45. The van der Waals surface area contributed by atoms with Crippen LogP contribution in [-0.2, 0) is 12.8 Å². The third-order valence-corrected chi connectivity index (χ3v) is 4.60. The van der Waals surface area contributed by atoms with Gasteiger partial charge in [0.2, 0.25) is 0 Å². The van der Waals surface area contributed by atoms with Crippen molar-refractivity contribution >= 4 is 6.08 Å². The van der Waals surface area contributed by atoms with Gasteiger partial charge in [0.25, 0.3) is 0 Å². The summed E-state index contributed by atoms with van der Waals surface area (Å²) in [6.45, 7) is 15.1. The van der Waals surface area contributed by atoms with Gasteiger partial charge in [-0.1, -0.05) is 67.9 Å². The first-order valence-corrected chi connectivity index (χ1v) is 9.51. The van der Waals surface area contributed by atoms with Crippen LogP contribution in [-0.4, -0.2) is 0 Å². The molecule has 0 aromatic heterocycles. The topological polar surface area (TPSA) is 0 Å². The minimum atomic E-state index is 1.02. The minimum Gasteiger partial charge on any atom is -0.0985 e. The Morgan fingerprint density at radius 3 is 2.46 bits per heavy atom. The predicted molar refractivity (Wildman–Crippen MR) is 111 cm³/mol. The summed E-state index contributed by atoms with van der Waals surface area (Å²) in [6, 6.07) is 4.72. The van der Waals surface area contributed by atoms with Crippen molar-refractivity contribution in [3.8, 4) is 0 Å². The fourth-order valence-corrected chi connectivity index (χ4v) is 3.07. The number of aryl methyl sites for hydroxylation is 2. The maximum absolute atomic E-state index is 4.04. The third-order valence-electron chi connectivity index (χ3n) is 4.60. The molecule has 24 heavy (non-hydrogen) atoms. The van der Waals surface area contributed by atoms with E-state index in [1.54, 1.807) is 0 Å². The zero-order valence-corrected chi connectivity index (χ0v) is 16.5. The molecule has 1 rings (SSSR count). The molecule has 0 spiro atoms. The first-order chi connectivity index (χ1) is 11.5. The van der Waals surface area contributed by atoms with Gasteiger partial charge in [-0.3, -0.25) is 0 Å². The molecule has 0 aliphatic rings. The summed E-state index contributed by atoms with van der Waals surface area (Å²) in [6.07, 6.45) is 15.1. The second-order valence-corrected chi connectivity index (χ2v) is 7.22. The van der Waals surface area contributed by atoms with Crippen LogP contribution in [0, 0.1) is 6.92 Å². The summed E-state index contributed by atoms with van der Waals surface area (Å²) in [5.74, 6) is 0. The number of unbranched alkanes of at least 4 members (excludes halogenated alkanes) is 2. The van der Waals surface area contributed by atoms with Gasteiger partial charge in [-0.15, -0.1) is 0 Å². The second-order valence-electron chi connectivity index (χ2n) is 7.22. The lowest BCUT2D eigenvalue weighted by molar-refractivity contribution is 0.717. The van der Waals surface area contributed by atoms with Gasteiger partial charge in [0.05, 0.1) is 0 Å². The summed E-state index contributed by atoms with van der Waals surface area (Å²) in [5, 5.41) is 0. The Labute approximate surface area is 150 Å². The molecule has 0 nitrogen and oxygen atoms in total. The molecular weight excluding hydrogens is 288 g/mol. The molecule has 0 atom stereocenters. The van der Waals surface area contributed by atoms with Crippen LogP contribution >= 0.6 is 0 Å². The highest BCUT2D eigenvalue weighted by Gasteiger charge is 2.06. The smallest absolute Gasteiger partial charge is 0.00863 e. The summed E-state index contributed by atoms with van der Waals surface area (Å²) in [5.41, 5.74) is 8.51. The number of allylic oxidation sites excluding steroid dienone is 4. The Morgan fingerprint density at radius 2 is 1.83 bits per heavy atom. The lowest BCUT2D eigenvalue weighted by atomic mass is 9.93. The van der Waals surface area contributed by atoms with Gasteiger partial charge >= 0.3 is 0 Å². The standard InChI is InChI=1S/C24H36/c1-7-9-10-14-22-17-21(6)24(23(8-2)18-22)16-15-20(5)13-11-12-19(3)4/h8,12,15,17-18H,2,7,9-11,13-14,16H2,1,3-6H3/b20-15+. The van der Waals surface area contributed by atoms with Crippen LogP contribution in [0.5, 0.6) is 0 Å². The molecule has 0 fully saturated rings. The van der Waals surface area contributed by atoms with Crippen LogP contribution in [0.1, 0.15) is 82.1 Å². The normalized spacial score (nSPS) is 11.5. The summed E-state index contributed by atoms with van der Waals surface area (Å²) in [7, 11) is 0. The fourth-order valence-electron chi connectivity index (χ4n) is 3.07. The molecule has 0 bridgehead atoms.